The van der Waals surface area contributed by atoms with Crippen LogP contribution in [-0.4, -0.2) is 17.7 Å². The number of esters is 1. The van der Waals surface area contributed by atoms with Crippen molar-refractivity contribution in [3.63, 3.8) is 0 Å². The summed E-state index contributed by atoms with van der Waals surface area (Å²) < 4.78 is 6.09. The zero-order valence-corrected chi connectivity index (χ0v) is 17.1. The summed E-state index contributed by atoms with van der Waals surface area (Å²) in [5.41, 5.74) is 3.83. The second kappa shape index (κ2) is 7.05. The Labute approximate surface area is 162 Å². The minimum Gasteiger partial charge on any atom is -0.462 e. The Kier molecular flexibility index (Phi) is 5.13. The Morgan fingerprint density at radius 1 is 1.27 bits per heavy atom. The van der Waals surface area contributed by atoms with Gasteiger partial charge in [-0.1, -0.05) is 35.8 Å². The van der Waals surface area contributed by atoms with Crippen LogP contribution in [-0.2, 0) is 4.74 Å². The van der Waals surface area contributed by atoms with E-state index < -0.39 is 11.5 Å². The van der Waals surface area contributed by atoms with Gasteiger partial charge in [0.2, 0.25) is 0 Å². The number of hydrogen-bond donors (Lipinski definition) is 2. The molecular weight excluding hydrogens is 394 g/mol. The first-order chi connectivity index (χ1) is 12.2. The number of anilines is 1. The molecule has 0 fully saturated rings. The molecule has 0 bridgehead atoms. The summed E-state index contributed by atoms with van der Waals surface area (Å²) in [5.74, 6) is -0.370. The third-order valence-corrected chi connectivity index (χ3v) is 5.46. The van der Waals surface area contributed by atoms with Crippen LogP contribution in [0.2, 0.25) is 0 Å². The van der Waals surface area contributed by atoms with Crippen molar-refractivity contribution < 1.29 is 14.6 Å². The zero-order chi connectivity index (χ0) is 19.1. The second-order valence-corrected chi connectivity index (χ2v) is 8.30. The van der Waals surface area contributed by atoms with Gasteiger partial charge in [-0.2, -0.15) is 0 Å². The number of halogens is 1. The number of carbonyl (C=O) groups is 1. The molecule has 2 unspecified atom stereocenters. The fourth-order valence-corrected chi connectivity index (χ4v) is 4.23. The Morgan fingerprint density at radius 2 is 2.00 bits per heavy atom. The van der Waals surface area contributed by atoms with Gasteiger partial charge in [-0.05, 0) is 55.3 Å². The number of hydrogen-bond acceptors (Lipinski definition) is 4. The fourth-order valence-electron chi connectivity index (χ4n) is 3.61. The van der Waals surface area contributed by atoms with Crippen LogP contribution in [0, 0.1) is 12.3 Å². The molecule has 138 valence electrons. The Balaban J connectivity index is 2.03. The lowest BCUT2D eigenvalue weighted by molar-refractivity contribution is 0.0287. The molecule has 5 heteroatoms. The van der Waals surface area contributed by atoms with Crippen LogP contribution in [0.25, 0.3) is 0 Å². The standard InChI is InChI=1S/C21H24BrNO3/c1-5-26-20(25)13-6-7-17-16(11-13)19(24)21(3,4)18(23-17)14-8-12(2)9-15(22)10-14/h6-11,18-19,23-24H,5H2,1-4H3. The lowest BCUT2D eigenvalue weighted by Gasteiger charge is -2.45. The van der Waals surface area contributed by atoms with Crippen LogP contribution in [0.5, 0.6) is 0 Å². The van der Waals surface area contributed by atoms with E-state index in [2.05, 4.69) is 46.4 Å². The zero-order valence-electron chi connectivity index (χ0n) is 15.5. The number of aliphatic hydroxyl groups excluding tert-OH is 1. The maximum atomic E-state index is 12.0. The molecule has 2 N–H and O–H groups in total. The SMILES string of the molecule is CCOC(=O)c1ccc2c(c1)C(O)C(C)(C)C(c1cc(C)cc(Br)c1)N2. The summed E-state index contributed by atoms with van der Waals surface area (Å²) in [5, 5.41) is 14.6. The third kappa shape index (κ3) is 3.38. The summed E-state index contributed by atoms with van der Waals surface area (Å²) in [6.07, 6.45) is -0.711. The van der Waals surface area contributed by atoms with E-state index in [1.54, 1.807) is 19.1 Å². The van der Waals surface area contributed by atoms with Crippen molar-refractivity contribution in [2.24, 2.45) is 5.41 Å². The van der Waals surface area contributed by atoms with E-state index >= 15 is 0 Å². The van der Waals surface area contributed by atoms with Gasteiger partial charge in [0.1, 0.15) is 0 Å². The topological polar surface area (TPSA) is 58.6 Å². The van der Waals surface area contributed by atoms with E-state index in [1.807, 2.05) is 19.9 Å². The first-order valence-electron chi connectivity index (χ1n) is 8.76. The lowest BCUT2D eigenvalue weighted by Crippen LogP contribution is -2.38. The molecule has 3 rings (SSSR count). The molecule has 0 radical (unpaired) electrons. The normalized spacial score (nSPS) is 20.8. The van der Waals surface area contributed by atoms with Gasteiger partial charge in [0.25, 0.3) is 0 Å². The van der Waals surface area contributed by atoms with Gasteiger partial charge in [-0.25, -0.2) is 4.79 Å². The number of carbonyl (C=O) groups excluding carboxylic acids is 1. The van der Waals surface area contributed by atoms with Crippen molar-refractivity contribution in [3.05, 3.63) is 63.1 Å². The highest BCUT2D eigenvalue weighted by Gasteiger charge is 2.43. The van der Waals surface area contributed by atoms with E-state index in [9.17, 15) is 9.90 Å². The number of aryl methyl sites for hydroxylation is 1. The maximum Gasteiger partial charge on any atom is 0.338 e. The van der Waals surface area contributed by atoms with Crippen LogP contribution in [0.3, 0.4) is 0 Å². The average Bonchev–Trinajstić information content (AvgIpc) is 2.57. The van der Waals surface area contributed by atoms with E-state index in [0.29, 0.717) is 12.2 Å². The molecule has 0 aliphatic carbocycles. The number of aliphatic hydroxyl groups is 1. The minimum atomic E-state index is -0.711. The molecule has 2 aromatic carbocycles. The van der Waals surface area contributed by atoms with Gasteiger partial charge >= 0.3 is 5.97 Å². The van der Waals surface area contributed by atoms with Gasteiger partial charge in [0.15, 0.2) is 0 Å². The Morgan fingerprint density at radius 3 is 2.65 bits per heavy atom. The predicted octanol–water partition coefficient (Wildman–Crippen LogP) is 5.16. The molecule has 4 nitrogen and oxygen atoms in total. The largest absolute Gasteiger partial charge is 0.462 e. The summed E-state index contributed by atoms with van der Waals surface area (Å²) in [7, 11) is 0. The molecule has 0 amide bonds. The van der Waals surface area contributed by atoms with Crippen molar-refractivity contribution in [2.45, 2.75) is 39.8 Å². The van der Waals surface area contributed by atoms with Crippen molar-refractivity contribution >= 4 is 27.6 Å². The maximum absolute atomic E-state index is 12.0. The van der Waals surface area contributed by atoms with E-state index in [0.717, 1.165) is 26.9 Å². The highest BCUT2D eigenvalue weighted by atomic mass is 79.9. The molecule has 1 aliphatic heterocycles. The lowest BCUT2D eigenvalue weighted by atomic mass is 9.70. The molecule has 0 spiro atoms. The van der Waals surface area contributed by atoms with E-state index in [-0.39, 0.29) is 12.0 Å². The van der Waals surface area contributed by atoms with Crippen molar-refractivity contribution in [3.8, 4) is 0 Å². The van der Waals surface area contributed by atoms with Crippen LogP contribution >= 0.6 is 15.9 Å². The first kappa shape index (κ1) is 18.9. The van der Waals surface area contributed by atoms with Crippen molar-refractivity contribution in [1.29, 1.82) is 0 Å². The molecule has 1 heterocycles. The van der Waals surface area contributed by atoms with Gasteiger partial charge in [-0.3, -0.25) is 0 Å². The summed E-state index contributed by atoms with van der Waals surface area (Å²) in [6, 6.07) is 11.5. The highest BCUT2D eigenvalue weighted by Crippen LogP contribution is 2.51. The number of benzene rings is 2. The molecule has 2 aromatic rings. The number of fused-ring (bicyclic) bond motifs is 1. The van der Waals surface area contributed by atoms with Gasteiger partial charge < -0.3 is 15.2 Å². The minimum absolute atomic E-state index is 0.0605. The van der Waals surface area contributed by atoms with Crippen LogP contribution in [0.1, 0.15) is 60.0 Å². The monoisotopic (exact) mass is 417 g/mol. The molecule has 1 aliphatic rings. The second-order valence-electron chi connectivity index (χ2n) is 7.39. The van der Waals surface area contributed by atoms with E-state index in [4.69, 9.17) is 4.74 Å². The van der Waals surface area contributed by atoms with E-state index in [1.165, 1.54) is 0 Å². The average molecular weight is 418 g/mol. The van der Waals surface area contributed by atoms with Gasteiger partial charge in [-0.15, -0.1) is 0 Å². The summed E-state index contributed by atoms with van der Waals surface area (Å²) in [4.78, 5) is 12.0. The molecule has 0 saturated heterocycles. The third-order valence-electron chi connectivity index (χ3n) is 5.00. The van der Waals surface area contributed by atoms with Crippen molar-refractivity contribution in [1.82, 2.24) is 0 Å². The van der Waals surface area contributed by atoms with Gasteiger partial charge in [0.05, 0.1) is 24.3 Å². The molecular formula is C21H24BrNO3. The van der Waals surface area contributed by atoms with Crippen molar-refractivity contribution in [2.75, 3.05) is 11.9 Å². The molecule has 2 atom stereocenters. The molecule has 0 aromatic heterocycles. The Bertz CT molecular complexity index is 827. The molecule has 26 heavy (non-hydrogen) atoms. The number of nitrogens with one attached hydrogen (secondary N) is 1. The predicted molar refractivity (Wildman–Crippen MR) is 106 cm³/mol. The van der Waals surface area contributed by atoms with Crippen LogP contribution < -0.4 is 5.32 Å². The quantitative estimate of drug-likeness (QED) is 0.676. The first-order valence-corrected chi connectivity index (χ1v) is 9.56. The van der Waals surface area contributed by atoms with Crippen LogP contribution in [0.4, 0.5) is 5.69 Å². The number of rotatable bonds is 3. The fraction of sp³-hybridized carbons (Fsp3) is 0.381. The number of ether oxygens (including phenoxy) is 1. The smallest absolute Gasteiger partial charge is 0.338 e. The molecule has 0 saturated carbocycles. The Hall–Kier alpha value is -1.85. The summed E-state index contributed by atoms with van der Waals surface area (Å²) in [6.45, 7) is 8.23. The van der Waals surface area contributed by atoms with Crippen LogP contribution in [0.15, 0.2) is 40.9 Å². The highest BCUT2D eigenvalue weighted by molar-refractivity contribution is 9.10. The summed E-state index contributed by atoms with van der Waals surface area (Å²) >= 11 is 3.56. The van der Waals surface area contributed by atoms with Gasteiger partial charge in [0, 0.05) is 21.1 Å².